The number of rotatable bonds is 3. The molecule has 0 radical (unpaired) electrons. The predicted octanol–water partition coefficient (Wildman–Crippen LogP) is 1.91. The third kappa shape index (κ3) is 2.49. The monoisotopic (exact) mass is 253 g/mol. The molecule has 94 valence electrons. The number of aryl methyl sites for hydroxylation is 2. The van der Waals surface area contributed by atoms with Gasteiger partial charge in [0.1, 0.15) is 16.5 Å². The maximum atomic E-state index is 11.9. The Hall–Kier alpha value is -0.970. The minimum atomic E-state index is -0.935. The molecule has 1 N–H and O–H groups in total. The lowest BCUT2D eigenvalue weighted by Gasteiger charge is -2.19. The summed E-state index contributed by atoms with van der Waals surface area (Å²) < 4.78 is 11.9. The zero-order valence-electron chi connectivity index (χ0n) is 10.8. The Bertz CT molecular complexity index is 459. The van der Waals surface area contributed by atoms with E-state index in [-0.39, 0.29) is 0 Å². The van der Waals surface area contributed by atoms with Crippen molar-refractivity contribution in [2.75, 3.05) is 11.1 Å². The van der Waals surface area contributed by atoms with Gasteiger partial charge in [-0.3, -0.25) is 4.21 Å². The Morgan fingerprint density at radius 2 is 2.00 bits per heavy atom. The van der Waals surface area contributed by atoms with Crippen LogP contribution in [-0.4, -0.2) is 26.0 Å². The average molecular weight is 253 g/mol. The Morgan fingerprint density at radius 3 is 2.65 bits per heavy atom. The molecule has 5 heteroatoms. The van der Waals surface area contributed by atoms with E-state index in [1.807, 2.05) is 6.92 Å². The van der Waals surface area contributed by atoms with Crippen molar-refractivity contribution in [1.29, 1.82) is 0 Å². The molecule has 0 saturated heterocycles. The molecule has 1 aromatic rings. The third-order valence-corrected chi connectivity index (χ3v) is 4.62. The largest absolute Gasteiger partial charge is 0.366 e. The molecule has 0 amide bonds. The lowest BCUT2D eigenvalue weighted by Crippen LogP contribution is -2.23. The molecule has 0 spiro atoms. The maximum Gasteiger partial charge on any atom is 0.146 e. The quantitative estimate of drug-likeness (QED) is 0.894. The number of fused-ring (bicyclic) bond motifs is 1. The SMILES string of the molecule is Cc1nc2c(c(NC(C)C(C)C)n1)S(=O)CC2. The van der Waals surface area contributed by atoms with E-state index in [0.29, 0.717) is 17.7 Å². The number of nitrogens with zero attached hydrogens (tertiary/aromatic N) is 2. The summed E-state index contributed by atoms with van der Waals surface area (Å²) in [5, 5.41) is 3.37. The zero-order chi connectivity index (χ0) is 12.6. The predicted molar refractivity (Wildman–Crippen MR) is 69.7 cm³/mol. The third-order valence-electron chi connectivity index (χ3n) is 3.16. The molecule has 1 aromatic heterocycles. The van der Waals surface area contributed by atoms with Crippen molar-refractivity contribution < 1.29 is 4.21 Å². The molecule has 1 aliphatic heterocycles. The molecular weight excluding hydrogens is 234 g/mol. The number of hydrogen-bond acceptors (Lipinski definition) is 4. The molecule has 2 rings (SSSR count). The highest BCUT2D eigenvalue weighted by Gasteiger charge is 2.26. The van der Waals surface area contributed by atoms with Gasteiger partial charge in [0.25, 0.3) is 0 Å². The van der Waals surface area contributed by atoms with Crippen LogP contribution in [0.5, 0.6) is 0 Å². The normalized spacial score (nSPS) is 20.4. The summed E-state index contributed by atoms with van der Waals surface area (Å²) in [5.41, 5.74) is 0.953. The van der Waals surface area contributed by atoms with Gasteiger partial charge in [-0.25, -0.2) is 9.97 Å². The Labute approximate surface area is 105 Å². The lowest BCUT2D eigenvalue weighted by atomic mass is 10.1. The molecule has 0 bridgehead atoms. The van der Waals surface area contributed by atoms with Crippen LogP contribution in [0.3, 0.4) is 0 Å². The van der Waals surface area contributed by atoms with Crippen molar-refractivity contribution in [2.24, 2.45) is 5.92 Å². The van der Waals surface area contributed by atoms with Crippen molar-refractivity contribution >= 4 is 16.6 Å². The van der Waals surface area contributed by atoms with Crippen LogP contribution in [0.4, 0.5) is 5.82 Å². The van der Waals surface area contributed by atoms with Gasteiger partial charge >= 0.3 is 0 Å². The summed E-state index contributed by atoms with van der Waals surface area (Å²) in [5.74, 6) is 2.71. The van der Waals surface area contributed by atoms with Gasteiger partial charge in [-0.15, -0.1) is 0 Å². The number of nitrogens with one attached hydrogen (secondary N) is 1. The lowest BCUT2D eigenvalue weighted by molar-refractivity contribution is 0.556. The van der Waals surface area contributed by atoms with Crippen LogP contribution >= 0.6 is 0 Å². The standard InChI is InChI=1S/C12H19N3OS/c1-7(2)8(3)13-12-11-10(5-6-17(11)16)14-9(4)15-12/h7-8H,5-6H2,1-4H3,(H,13,14,15). The highest BCUT2D eigenvalue weighted by Crippen LogP contribution is 2.28. The Balaban J connectivity index is 2.37. The van der Waals surface area contributed by atoms with Crippen molar-refractivity contribution in [3.63, 3.8) is 0 Å². The molecule has 2 unspecified atom stereocenters. The fourth-order valence-electron chi connectivity index (χ4n) is 1.80. The van der Waals surface area contributed by atoms with E-state index in [1.54, 1.807) is 0 Å². The van der Waals surface area contributed by atoms with Crippen molar-refractivity contribution in [3.8, 4) is 0 Å². The van der Waals surface area contributed by atoms with Crippen LogP contribution < -0.4 is 5.32 Å². The van der Waals surface area contributed by atoms with Crippen LogP contribution in [0, 0.1) is 12.8 Å². The Kier molecular flexibility index (Phi) is 3.47. The van der Waals surface area contributed by atoms with Crippen LogP contribution in [0.15, 0.2) is 4.90 Å². The summed E-state index contributed by atoms with van der Waals surface area (Å²) in [6.07, 6.45) is 0.802. The van der Waals surface area contributed by atoms with Crippen LogP contribution in [0.1, 0.15) is 32.3 Å². The molecule has 0 aromatic carbocycles. The number of aromatic nitrogens is 2. The van der Waals surface area contributed by atoms with Crippen LogP contribution in [-0.2, 0) is 17.2 Å². The zero-order valence-corrected chi connectivity index (χ0v) is 11.6. The first-order valence-corrected chi connectivity index (χ1v) is 7.33. The van der Waals surface area contributed by atoms with E-state index >= 15 is 0 Å². The van der Waals surface area contributed by atoms with Crippen molar-refractivity contribution in [2.45, 2.75) is 45.1 Å². The molecule has 0 fully saturated rings. The number of anilines is 1. The van der Waals surface area contributed by atoms with Gasteiger partial charge in [-0.1, -0.05) is 13.8 Å². The first kappa shape index (κ1) is 12.5. The minimum absolute atomic E-state index is 0.311. The summed E-state index contributed by atoms with van der Waals surface area (Å²) in [6.45, 7) is 8.31. The minimum Gasteiger partial charge on any atom is -0.366 e. The van der Waals surface area contributed by atoms with E-state index in [9.17, 15) is 4.21 Å². The molecule has 0 saturated carbocycles. The topological polar surface area (TPSA) is 54.9 Å². The van der Waals surface area contributed by atoms with E-state index in [1.165, 1.54) is 0 Å². The molecule has 4 nitrogen and oxygen atoms in total. The molecule has 1 aliphatic rings. The van der Waals surface area contributed by atoms with E-state index in [0.717, 1.165) is 28.7 Å². The molecule has 2 heterocycles. The summed E-state index contributed by atoms with van der Waals surface area (Å²) in [4.78, 5) is 9.60. The van der Waals surface area contributed by atoms with E-state index in [4.69, 9.17) is 0 Å². The summed E-state index contributed by atoms with van der Waals surface area (Å²) >= 11 is 0. The average Bonchev–Trinajstić information content (AvgIpc) is 2.59. The second kappa shape index (κ2) is 4.72. The van der Waals surface area contributed by atoms with Gasteiger partial charge in [0.15, 0.2) is 0 Å². The molecule has 2 atom stereocenters. The summed E-state index contributed by atoms with van der Waals surface area (Å²) in [6, 6.07) is 0.311. The summed E-state index contributed by atoms with van der Waals surface area (Å²) in [7, 11) is -0.935. The van der Waals surface area contributed by atoms with Crippen LogP contribution in [0.2, 0.25) is 0 Å². The fraction of sp³-hybridized carbons (Fsp3) is 0.667. The molecule has 0 aliphatic carbocycles. The van der Waals surface area contributed by atoms with E-state index in [2.05, 4.69) is 36.1 Å². The van der Waals surface area contributed by atoms with Gasteiger partial charge in [-0.2, -0.15) is 0 Å². The second-order valence-electron chi connectivity index (χ2n) is 4.87. The smallest absolute Gasteiger partial charge is 0.146 e. The molecular formula is C12H19N3OS. The van der Waals surface area contributed by atoms with Crippen molar-refractivity contribution in [1.82, 2.24) is 9.97 Å². The first-order valence-electron chi connectivity index (χ1n) is 6.01. The highest BCUT2D eigenvalue weighted by atomic mass is 32.2. The second-order valence-corrected chi connectivity index (χ2v) is 6.38. The maximum absolute atomic E-state index is 11.9. The molecule has 17 heavy (non-hydrogen) atoms. The van der Waals surface area contributed by atoms with Gasteiger partial charge < -0.3 is 5.32 Å². The van der Waals surface area contributed by atoms with Crippen molar-refractivity contribution in [3.05, 3.63) is 11.5 Å². The van der Waals surface area contributed by atoms with Crippen LogP contribution in [0.25, 0.3) is 0 Å². The highest BCUT2D eigenvalue weighted by molar-refractivity contribution is 7.85. The number of hydrogen-bond donors (Lipinski definition) is 1. The van der Waals surface area contributed by atoms with Gasteiger partial charge in [0.2, 0.25) is 0 Å². The van der Waals surface area contributed by atoms with Gasteiger partial charge in [0.05, 0.1) is 16.5 Å². The fourth-order valence-corrected chi connectivity index (χ4v) is 3.11. The van der Waals surface area contributed by atoms with E-state index < -0.39 is 10.8 Å². The Morgan fingerprint density at radius 1 is 1.29 bits per heavy atom. The first-order chi connectivity index (χ1) is 7.99. The van der Waals surface area contributed by atoms with Gasteiger partial charge in [0, 0.05) is 18.2 Å². The van der Waals surface area contributed by atoms with Gasteiger partial charge in [-0.05, 0) is 19.8 Å².